The van der Waals surface area contributed by atoms with Crippen LogP contribution >= 0.6 is 0 Å². The molecule has 116 valence electrons. The average Bonchev–Trinajstić information content (AvgIpc) is 2.84. The van der Waals surface area contributed by atoms with Crippen LogP contribution in [0.2, 0.25) is 0 Å². The molecule has 5 heteroatoms. The van der Waals surface area contributed by atoms with Gasteiger partial charge in [0.1, 0.15) is 6.54 Å². The van der Waals surface area contributed by atoms with E-state index in [2.05, 4.69) is 0 Å². The SMILES string of the molecule is Cc1ccccc1C(=O)CN1C(=O)CN(c2ccccc2)C1=O. The van der Waals surface area contributed by atoms with Gasteiger partial charge in [-0.2, -0.15) is 0 Å². The van der Waals surface area contributed by atoms with E-state index >= 15 is 0 Å². The molecule has 0 aliphatic carbocycles. The highest BCUT2D eigenvalue weighted by Gasteiger charge is 2.38. The zero-order valence-corrected chi connectivity index (χ0v) is 12.7. The number of anilines is 1. The van der Waals surface area contributed by atoms with Gasteiger partial charge < -0.3 is 0 Å². The van der Waals surface area contributed by atoms with Gasteiger partial charge in [0.15, 0.2) is 5.78 Å². The Hall–Kier alpha value is -2.95. The number of para-hydroxylation sites is 1. The molecule has 1 fully saturated rings. The van der Waals surface area contributed by atoms with Gasteiger partial charge in [-0.05, 0) is 24.6 Å². The number of urea groups is 1. The predicted octanol–water partition coefficient (Wildman–Crippen LogP) is 2.65. The van der Waals surface area contributed by atoms with Crippen molar-refractivity contribution in [2.24, 2.45) is 0 Å². The van der Waals surface area contributed by atoms with E-state index in [1.807, 2.05) is 25.1 Å². The first-order valence-corrected chi connectivity index (χ1v) is 7.33. The second-order valence-corrected chi connectivity index (χ2v) is 5.42. The molecular weight excluding hydrogens is 292 g/mol. The first-order valence-electron chi connectivity index (χ1n) is 7.33. The van der Waals surface area contributed by atoms with Crippen LogP contribution < -0.4 is 4.90 Å². The molecule has 1 saturated heterocycles. The summed E-state index contributed by atoms with van der Waals surface area (Å²) in [7, 11) is 0. The molecule has 0 spiro atoms. The molecular formula is C18H16N2O3. The summed E-state index contributed by atoms with van der Waals surface area (Å²) in [6, 6.07) is 15.7. The Balaban J connectivity index is 1.79. The predicted molar refractivity (Wildman–Crippen MR) is 86.4 cm³/mol. The summed E-state index contributed by atoms with van der Waals surface area (Å²) >= 11 is 0. The Morgan fingerprint density at radius 3 is 2.35 bits per heavy atom. The zero-order chi connectivity index (χ0) is 16.4. The molecule has 0 radical (unpaired) electrons. The lowest BCUT2D eigenvalue weighted by molar-refractivity contribution is -0.124. The normalized spacial score (nSPS) is 14.5. The van der Waals surface area contributed by atoms with E-state index in [1.165, 1.54) is 4.90 Å². The molecule has 23 heavy (non-hydrogen) atoms. The highest BCUT2D eigenvalue weighted by molar-refractivity contribution is 6.15. The van der Waals surface area contributed by atoms with E-state index in [4.69, 9.17) is 0 Å². The number of hydrogen-bond donors (Lipinski definition) is 0. The molecule has 0 atom stereocenters. The third-order valence-corrected chi connectivity index (χ3v) is 3.87. The van der Waals surface area contributed by atoms with Crippen molar-refractivity contribution in [3.63, 3.8) is 0 Å². The summed E-state index contributed by atoms with van der Waals surface area (Å²) in [4.78, 5) is 39.4. The number of ketones is 1. The quantitative estimate of drug-likeness (QED) is 0.644. The molecule has 0 aromatic heterocycles. The van der Waals surface area contributed by atoms with E-state index in [9.17, 15) is 14.4 Å². The number of Topliss-reactive ketones (excluding diaryl/α,β-unsaturated/α-hetero) is 1. The number of carbonyl (C=O) groups excluding carboxylic acids is 3. The largest absolute Gasteiger partial charge is 0.332 e. The minimum atomic E-state index is -0.455. The van der Waals surface area contributed by atoms with Gasteiger partial charge in [-0.1, -0.05) is 42.5 Å². The van der Waals surface area contributed by atoms with Crippen LogP contribution in [0.4, 0.5) is 10.5 Å². The van der Waals surface area contributed by atoms with Crippen molar-refractivity contribution in [1.82, 2.24) is 4.90 Å². The summed E-state index contributed by atoms with van der Waals surface area (Å²) in [5.41, 5.74) is 2.01. The molecule has 0 bridgehead atoms. The molecule has 0 unspecified atom stereocenters. The van der Waals surface area contributed by atoms with Crippen molar-refractivity contribution in [3.05, 3.63) is 65.7 Å². The van der Waals surface area contributed by atoms with E-state index in [1.54, 1.807) is 36.4 Å². The van der Waals surface area contributed by atoms with Crippen LogP contribution in [-0.2, 0) is 4.79 Å². The number of benzene rings is 2. The molecule has 1 heterocycles. The van der Waals surface area contributed by atoms with Crippen LogP contribution in [0.25, 0.3) is 0 Å². The molecule has 0 saturated carbocycles. The number of hydrogen-bond acceptors (Lipinski definition) is 3. The number of amides is 3. The molecule has 5 nitrogen and oxygen atoms in total. The van der Waals surface area contributed by atoms with Gasteiger partial charge in [0.05, 0.1) is 6.54 Å². The Morgan fingerprint density at radius 1 is 1.00 bits per heavy atom. The smallest absolute Gasteiger partial charge is 0.292 e. The monoisotopic (exact) mass is 308 g/mol. The number of imide groups is 1. The first-order chi connectivity index (χ1) is 11.1. The molecule has 2 aromatic carbocycles. The van der Waals surface area contributed by atoms with Crippen LogP contribution in [0.3, 0.4) is 0 Å². The summed E-state index contributed by atoms with van der Waals surface area (Å²) in [6.07, 6.45) is 0. The van der Waals surface area contributed by atoms with Crippen molar-refractivity contribution in [2.75, 3.05) is 18.0 Å². The summed E-state index contributed by atoms with van der Waals surface area (Å²) in [6.45, 7) is 1.56. The Labute approximate surface area is 134 Å². The van der Waals surface area contributed by atoms with Crippen LogP contribution in [0.5, 0.6) is 0 Å². The minimum absolute atomic E-state index is 0.0378. The van der Waals surface area contributed by atoms with Gasteiger partial charge in [-0.15, -0.1) is 0 Å². The van der Waals surface area contributed by atoms with Crippen LogP contribution in [-0.4, -0.2) is 35.7 Å². The van der Waals surface area contributed by atoms with Crippen LogP contribution in [0, 0.1) is 6.92 Å². The molecule has 1 aliphatic heterocycles. The highest BCUT2D eigenvalue weighted by atomic mass is 16.2. The third-order valence-electron chi connectivity index (χ3n) is 3.87. The molecule has 3 rings (SSSR count). The van der Waals surface area contributed by atoms with E-state index < -0.39 is 6.03 Å². The Bertz CT molecular complexity index is 771. The molecule has 2 aromatic rings. The zero-order valence-electron chi connectivity index (χ0n) is 12.7. The van der Waals surface area contributed by atoms with Crippen molar-refractivity contribution >= 4 is 23.4 Å². The van der Waals surface area contributed by atoms with Gasteiger partial charge in [0.25, 0.3) is 5.91 Å². The fourth-order valence-electron chi connectivity index (χ4n) is 2.62. The minimum Gasteiger partial charge on any atom is -0.292 e. The summed E-state index contributed by atoms with van der Waals surface area (Å²) in [5.74, 6) is -0.597. The lowest BCUT2D eigenvalue weighted by atomic mass is 10.0. The number of carbonyl (C=O) groups is 3. The van der Waals surface area contributed by atoms with Gasteiger partial charge in [-0.25, -0.2) is 4.79 Å². The number of aryl methyl sites for hydroxylation is 1. The van der Waals surface area contributed by atoms with Crippen molar-refractivity contribution < 1.29 is 14.4 Å². The lowest BCUT2D eigenvalue weighted by Crippen LogP contribution is -2.37. The number of nitrogens with zero attached hydrogens (tertiary/aromatic N) is 2. The van der Waals surface area contributed by atoms with E-state index in [-0.39, 0.29) is 24.8 Å². The third kappa shape index (κ3) is 2.85. The second-order valence-electron chi connectivity index (χ2n) is 5.42. The number of rotatable bonds is 4. The maximum Gasteiger partial charge on any atom is 0.332 e. The standard InChI is InChI=1S/C18H16N2O3/c1-13-7-5-6-10-15(13)16(21)11-20-17(22)12-19(18(20)23)14-8-3-2-4-9-14/h2-10H,11-12H2,1H3. The van der Waals surface area contributed by atoms with Gasteiger partial charge in [0, 0.05) is 11.3 Å². The van der Waals surface area contributed by atoms with Gasteiger partial charge in [-0.3, -0.25) is 19.4 Å². The van der Waals surface area contributed by atoms with Crippen molar-refractivity contribution in [2.45, 2.75) is 6.92 Å². The average molecular weight is 308 g/mol. The molecule has 3 amide bonds. The van der Waals surface area contributed by atoms with E-state index in [0.29, 0.717) is 11.3 Å². The van der Waals surface area contributed by atoms with Crippen molar-refractivity contribution in [1.29, 1.82) is 0 Å². The van der Waals surface area contributed by atoms with Gasteiger partial charge in [0.2, 0.25) is 0 Å². The van der Waals surface area contributed by atoms with E-state index in [0.717, 1.165) is 10.5 Å². The lowest BCUT2D eigenvalue weighted by Gasteiger charge is -2.17. The van der Waals surface area contributed by atoms with Crippen molar-refractivity contribution in [3.8, 4) is 0 Å². The molecule has 1 aliphatic rings. The maximum absolute atomic E-state index is 12.4. The second kappa shape index (κ2) is 6.04. The first kappa shape index (κ1) is 15.0. The fraction of sp³-hybridized carbons (Fsp3) is 0.167. The molecule has 0 N–H and O–H groups in total. The van der Waals surface area contributed by atoms with Crippen LogP contribution in [0.15, 0.2) is 54.6 Å². The summed E-state index contributed by atoms with van der Waals surface area (Å²) < 4.78 is 0. The maximum atomic E-state index is 12.4. The van der Waals surface area contributed by atoms with Crippen LogP contribution in [0.1, 0.15) is 15.9 Å². The Kier molecular flexibility index (Phi) is 3.93. The topological polar surface area (TPSA) is 57.7 Å². The van der Waals surface area contributed by atoms with Gasteiger partial charge >= 0.3 is 6.03 Å². The Morgan fingerprint density at radius 2 is 1.65 bits per heavy atom. The summed E-state index contributed by atoms with van der Waals surface area (Å²) in [5, 5.41) is 0. The highest BCUT2D eigenvalue weighted by Crippen LogP contribution is 2.21. The fourth-order valence-corrected chi connectivity index (χ4v) is 2.62.